The average Bonchev–Trinajstić information content (AvgIpc) is 2.44. The Bertz CT molecular complexity index is 363. The van der Waals surface area contributed by atoms with Crippen LogP contribution in [0.5, 0.6) is 0 Å². The lowest BCUT2D eigenvalue weighted by atomic mass is 9.93. The van der Waals surface area contributed by atoms with Crippen LogP contribution in [0.4, 0.5) is 0 Å². The third-order valence-corrected chi connectivity index (χ3v) is 4.18. The highest BCUT2D eigenvalue weighted by atomic mass is 35.5. The zero-order valence-corrected chi connectivity index (χ0v) is 13.0. The van der Waals surface area contributed by atoms with Crippen LogP contribution in [0.15, 0.2) is 29.4 Å². The molecule has 1 amide bonds. The van der Waals surface area contributed by atoms with Crippen molar-refractivity contribution in [2.75, 3.05) is 12.3 Å². The first-order valence-corrected chi connectivity index (χ1v) is 7.18. The smallest absolute Gasteiger partial charge is 0.230 e. The third kappa shape index (κ3) is 5.80. The van der Waals surface area contributed by atoms with Crippen LogP contribution >= 0.6 is 24.2 Å². The van der Waals surface area contributed by atoms with Gasteiger partial charge in [-0.1, -0.05) is 13.8 Å². The van der Waals surface area contributed by atoms with E-state index in [-0.39, 0.29) is 23.9 Å². The van der Waals surface area contributed by atoms with Crippen molar-refractivity contribution in [1.29, 1.82) is 0 Å². The summed E-state index contributed by atoms with van der Waals surface area (Å²) < 4.78 is 0. The molecule has 4 nitrogen and oxygen atoms in total. The van der Waals surface area contributed by atoms with E-state index in [1.54, 1.807) is 12.4 Å². The van der Waals surface area contributed by atoms with E-state index in [9.17, 15) is 4.79 Å². The Morgan fingerprint density at radius 2 is 1.95 bits per heavy atom. The molecule has 1 aromatic heterocycles. The first-order valence-electron chi connectivity index (χ1n) is 6.19. The maximum atomic E-state index is 11.9. The van der Waals surface area contributed by atoms with Gasteiger partial charge in [0.25, 0.3) is 0 Å². The summed E-state index contributed by atoms with van der Waals surface area (Å²) in [6, 6.07) is 3.79. The van der Waals surface area contributed by atoms with Gasteiger partial charge in [-0.3, -0.25) is 9.78 Å². The fourth-order valence-corrected chi connectivity index (χ4v) is 2.37. The summed E-state index contributed by atoms with van der Waals surface area (Å²) in [7, 11) is 0. The van der Waals surface area contributed by atoms with E-state index in [1.165, 1.54) is 11.8 Å². The number of nitrogens with two attached hydrogens (primary N) is 1. The first kappa shape index (κ1) is 18.2. The monoisotopic (exact) mass is 303 g/mol. The van der Waals surface area contributed by atoms with Crippen LogP contribution in [0.1, 0.15) is 26.7 Å². The summed E-state index contributed by atoms with van der Waals surface area (Å²) in [6.45, 7) is 4.57. The topological polar surface area (TPSA) is 68.0 Å². The minimum atomic E-state index is -0.254. The molecule has 6 heteroatoms. The molecule has 1 rings (SSSR count). The Morgan fingerprint density at radius 1 is 1.37 bits per heavy atom. The van der Waals surface area contributed by atoms with Gasteiger partial charge in [-0.25, -0.2) is 0 Å². The van der Waals surface area contributed by atoms with E-state index in [2.05, 4.69) is 10.3 Å². The normalized spacial score (nSPS) is 10.7. The van der Waals surface area contributed by atoms with E-state index in [0.717, 1.165) is 17.7 Å². The molecule has 0 aromatic carbocycles. The molecule has 0 aliphatic rings. The van der Waals surface area contributed by atoms with Crippen LogP contribution in [0.3, 0.4) is 0 Å². The highest BCUT2D eigenvalue weighted by Crippen LogP contribution is 2.17. The largest absolute Gasteiger partial charge is 0.349 e. The molecule has 0 bridgehead atoms. The summed E-state index contributed by atoms with van der Waals surface area (Å²) in [4.78, 5) is 16.9. The Morgan fingerprint density at radius 3 is 2.42 bits per heavy atom. The zero-order chi connectivity index (χ0) is 13.4. The number of hydrogen-bond acceptors (Lipinski definition) is 4. The van der Waals surface area contributed by atoms with Crippen molar-refractivity contribution < 1.29 is 4.79 Å². The van der Waals surface area contributed by atoms with Gasteiger partial charge < -0.3 is 11.1 Å². The summed E-state index contributed by atoms with van der Waals surface area (Å²) in [5.41, 5.74) is 5.50. The second-order valence-corrected chi connectivity index (χ2v) is 5.26. The lowest BCUT2D eigenvalue weighted by Gasteiger charge is -2.31. The van der Waals surface area contributed by atoms with E-state index in [1.807, 2.05) is 26.0 Å². The lowest BCUT2D eigenvalue weighted by molar-refractivity contribution is -0.120. The molecule has 0 spiro atoms. The number of thioether (sulfide) groups is 1. The molecular formula is C13H22ClN3OS. The van der Waals surface area contributed by atoms with Gasteiger partial charge in [-0.15, -0.1) is 24.2 Å². The van der Waals surface area contributed by atoms with Crippen LogP contribution in [0.2, 0.25) is 0 Å². The fraction of sp³-hybridized carbons (Fsp3) is 0.538. The van der Waals surface area contributed by atoms with Gasteiger partial charge in [-0.2, -0.15) is 0 Å². The van der Waals surface area contributed by atoms with Crippen molar-refractivity contribution in [3.8, 4) is 0 Å². The van der Waals surface area contributed by atoms with Crippen LogP contribution in [0.25, 0.3) is 0 Å². The SMILES string of the molecule is CCC(CC)(CN)NC(=O)CSc1ccncc1.Cl. The van der Waals surface area contributed by atoms with Gasteiger partial charge >= 0.3 is 0 Å². The number of hydrogen-bond donors (Lipinski definition) is 2. The molecule has 19 heavy (non-hydrogen) atoms. The number of aromatic nitrogens is 1. The minimum absolute atomic E-state index is 0. The summed E-state index contributed by atoms with van der Waals surface area (Å²) in [6.07, 6.45) is 5.16. The predicted molar refractivity (Wildman–Crippen MR) is 82.7 cm³/mol. The van der Waals surface area contributed by atoms with Crippen molar-refractivity contribution in [3.63, 3.8) is 0 Å². The number of carbonyl (C=O) groups excluding carboxylic acids is 1. The number of rotatable bonds is 7. The van der Waals surface area contributed by atoms with E-state index < -0.39 is 0 Å². The molecule has 0 atom stereocenters. The Hall–Kier alpha value is -0.780. The summed E-state index contributed by atoms with van der Waals surface area (Å²) in [5, 5.41) is 3.05. The average molecular weight is 304 g/mol. The van der Waals surface area contributed by atoms with E-state index in [0.29, 0.717) is 12.3 Å². The van der Waals surface area contributed by atoms with Gasteiger partial charge in [0.1, 0.15) is 0 Å². The number of halogens is 1. The van der Waals surface area contributed by atoms with Crippen molar-refractivity contribution in [3.05, 3.63) is 24.5 Å². The molecule has 0 saturated carbocycles. The van der Waals surface area contributed by atoms with Crippen LogP contribution < -0.4 is 11.1 Å². The third-order valence-electron chi connectivity index (χ3n) is 3.17. The lowest BCUT2D eigenvalue weighted by Crippen LogP contribution is -2.53. The van der Waals surface area contributed by atoms with E-state index in [4.69, 9.17) is 5.73 Å². The number of nitrogens with zero attached hydrogens (tertiary/aromatic N) is 1. The zero-order valence-electron chi connectivity index (χ0n) is 11.4. The minimum Gasteiger partial charge on any atom is -0.349 e. The maximum Gasteiger partial charge on any atom is 0.230 e. The number of amides is 1. The highest BCUT2D eigenvalue weighted by molar-refractivity contribution is 8.00. The molecule has 3 N–H and O–H groups in total. The maximum absolute atomic E-state index is 11.9. The quantitative estimate of drug-likeness (QED) is 0.758. The Labute approximate surface area is 125 Å². The van der Waals surface area contributed by atoms with Gasteiger partial charge in [0, 0.05) is 23.8 Å². The van der Waals surface area contributed by atoms with Crippen molar-refractivity contribution >= 4 is 30.1 Å². The second kappa shape index (κ2) is 9.18. The summed E-state index contributed by atoms with van der Waals surface area (Å²) in [5.74, 6) is 0.442. The molecule has 0 saturated heterocycles. The van der Waals surface area contributed by atoms with Crippen molar-refractivity contribution in [2.45, 2.75) is 37.1 Å². The molecule has 108 valence electrons. The van der Waals surface area contributed by atoms with Gasteiger partial charge in [0.05, 0.1) is 11.3 Å². The van der Waals surface area contributed by atoms with Gasteiger partial charge in [-0.05, 0) is 25.0 Å². The summed E-state index contributed by atoms with van der Waals surface area (Å²) >= 11 is 1.51. The first-order chi connectivity index (χ1) is 8.65. The van der Waals surface area contributed by atoms with Crippen molar-refractivity contribution in [2.24, 2.45) is 5.73 Å². The molecule has 0 aliphatic carbocycles. The van der Waals surface area contributed by atoms with Crippen LogP contribution in [0, 0.1) is 0 Å². The Balaban J connectivity index is 0.00000324. The molecule has 0 radical (unpaired) electrons. The standard InChI is InChI=1S/C13H21N3OS.ClH/c1-3-13(4-2,10-14)16-12(17)9-18-11-5-7-15-8-6-11;/h5-8H,3-4,9-10,14H2,1-2H3,(H,16,17);1H. The molecule has 0 fully saturated rings. The van der Waals surface area contributed by atoms with Gasteiger partial charge in [0.2, 0.25) is 5.91 Å². The van der Waals surface area contributed by atoms with Gasteiger partial charge in [0.15, 0.2) is 0 Å². The Kier molecular flexibility index (Phi) is 8.80. The van der Waals surface area contributed by atoms with Crippen LogP contribution in [-0.2, 0) is 4.79 Å². The highest BCUT2D eigenvalue weighted by Gasteiger charge is 2.25. The van der Waals surface area contributed by atoms with Crippen LogP contribution in [-0.4, -0.2) is 28.7 Å². The number of nitrogens with one attached hydrogen (secondary N) is 1. The predicted octanol–water partition coefficient (Wildman–Crippen LogP) is 2.23. The number of carbonyl (C=O) groups is 1. The fourth-order valence-electron chi connectivity index (χ4n) is 1.68. The van der Waals surface area contributed by atoms with Crippen molar-refractivity contribution in [1.82, 2.24) is 10.3 Å². The second-order valence-electron chi connectivity index (χ2n) is 4.21. The molecular weight excluding hydrogens is 282 g/mol. The molecule has 1 aromatic rings. The van der Waals surface area contributed by atoms with E-state index >= 15 is 0 Å². The molecule has 1 heterocycles. The molecule has 0 unspecified atom stereocenters. The number of pyridine rings is 1. The molecule has 0 aliphatic heterocycles.